The molecule has 3 aromatic rings. The largest absolute Gasteiger partial charge is 0.361 e. The number of nitrogens with one attached hydrogen (secondary N) is 2. The molecule has 2 heterocycles. The number of thiophene rings is 1. The summed E-state index contributed by atoms with van der Waals surface area (Å²) in [7, 11) is 0. The predicted octanol–water partition coefficient (Wildman–Crippen LogP) is 3.52. The van der Waals surface area contributed by atoms with Crippen molar-refractivity contribution in [2.75, 3.05) is 0 Å². The summed E-state index contributed by atoms with van der Waals surface area (Å²) >= 11 is 1.73. The Morgan fingerprint density at radius 1 is 1.29 bits per heavy atom. The molecule has 0 saturated carbocycles. The number of amides is 1. The van der Waals surface area contributed by atoms with Crippen molar-refractivity contribution in [1.82, 2.24) is 10.3 Å². The number of aromatic amines is 1. The zero-order chi connectivity index (χ0) is 14.7. The maximum atomic E-state index is 12.2. The highest BCUT2D eigenvalue weighted by Gasteiger charge is 2.11. The molecule has 0 bridgehead atoms. The van der Waals surface area contributed by atoms with Gasteiger partial charge in [0.05, 0.1) is 6.42 Å². The summed E-state index contributed by atoms with van der Waals surface area (Å²) in [6, 6.07) is 12.4. The fourth-order valence-electron chi connectivity index (χ4n) is 2.56. The van der Waals surface area contributed by atoms with Crippen molar-refractivity contribution in [3.05, 3.63) is 58.4 Å². The van der Waals surface area contributed by atoms with Crippen LogP contribution in [0.4, 0.5) is 0 Å². The van der Waals surface area contributed by atoms with E-state index >= 15 is 0 Å². The van der Waals surface area contributed by atoms with Crippen molar-refractivity contribution in [3.63, 3.8) is 0 Å². The molecule has 0 aliphatic rings. The van der Waals surface area contributed by atoms with E-state index in [0.29, 0.717) is 6.42 Å². The Morgan fingerprint density at radius 2 is 2.14 bits per heavy atom. The van der Waals surface area contributed by atoms with Crippen molar-refractivity contribution in [2.24, 2.45) is 0 Å². The Labute approximate surface area is 128 Å². The van der Waals surface area contributed by atoms with Gasteiger partial charge in [-0.3, -0.25) is 4.79 Å². The number of benzene rings is 1. The first-order chi connectivity index (χ1) is 10.2. The van der Waals surface area contributed by atoms with Crippen LogP contribution in [0.1, 0.15) is 17.4 Å². The van der Waals surface area contributed by atoms with E-state index in [-0.39, 0.29) is 11.9 Å². The smallest absolute Gasteiger partial charge is 0.224 e. The molecule has 3 rings (SSSR count). The molecule has 0 aliphatic carbocycles. The first-order valence-electron chi connectivity index (χ1n) is 7.09. The van der Waals surface area contributed by atoms with E-state index in [9.17, 15) is 4.79 Å². The van der Waals surface area contributed by atoms with Gasteiger partial charge in [0.15, 0.2) is 0 Å². The Bertz CT molecular complexity index is 730. The number of carbonyl (C=O) groups is 1. The van der Waals surface area contributed by atoms with E-state index in [0.717, 1.165) is 22.9 Å². The van der Waals surface area contributed by atoms with Crippen LogP contribution in [0.2, 0.25) is 0 Å². The average molecular weight is 298 g/mol. The fraction of sp³-hybridized carbons (Fsp3) is 0.235. The third-order valence-electron chi connectivity index (χ3n) is 3.52. The van der Waals surface area contributed by atoms with Crippen molar-refractivity contribution >= 4 is 28.1 Å². The molecule has 1 unspecified atom stereocenters. The number of fused-ring (bicyclic) bond motifs is 1. The Kier molecular flexibility index (Phi) is 4.06. The highest BCUT2D eigenvalue weighted by Crippen LogP contribution is 2.18. The summed E-state index contributed by atoms with van der Waals surface area (Å²) in [5.41, 5.74) is 2.12. The quantitative estimate of drug-likeness (QED) is 0.744. The van der Waals surface area contributed by atoms with E-state index in [1.807, 2.05) is 43.5 Å². The highest BCUT2D eigenvalue weighted by atomic mass is 32.1. The second kappa shape index (κ2) is 6.14. The molecule has 1 atom stereocenters. The van der Waals surface area contributed by atoms with Gasteiger partial charge in [0.25, 0.3) is 0 Å². The van der Waals surface area contributed by atoms with Crippen molar-refractivity contribution in [2.45, 2.75) is 25.8 Å². The van der Waals surface area contributed by atoms with Crippen molar-refractivity contribution in [1.29, 1.82) is 0 Å². The van der Waals surface area contributed by atoms with Gasteiger partial charge in [0.2, 0.25) is 5.91 Å². The van der Waals surface area contributed by atoms with Crippen molar-refractivity contribution < 1.29 is 4.79 Å². The van der Waals surface area contributed by atoms with Crippen LogP contribution in [-0.4, -0.2) is 16.9 Å². The third-order valence-corrected chi connectivity index (χ3v) is 4.42. The molecule has 2 N–H and O–H groups in total. The van der Waals surface area contributed by atoms with Gasteiger partial charge in [-0.25, -0.2) is 0 Å². The second-order valence-corrected chi connectivity index (χ2v) is 6.32. The molecule has 108 valence electrons. The molecule has 1 amide bonds. The molecular formula is C17H18N2OS. The minimum Gasteiger partial charge on any atom is -0.361 e. The standard InChI is InChI=1S/C17H18N2OS/c1-12(9-14-5-4-8-21-14)19-17(20)10-13-11-18-16-7-3-2-6-15(13)16/h2-8,11-12,18H,9-10H2,1H3,(H,19,20). The minimum atomic E-state index is 0.0730. The molecule has 0 fully saturated rings. The van der Waals surface area contributed by atoms with Crippen LogP contribution in [-0.2, 0) is 17.6 Å². The number of para-hydroxylation sites is 1. The molecule has 0 aliphatic heterocycles. The lowest BCUT2D eigenvalue weighted by Crippen LogP contribution is -2.34. The molecule has 1 aromatic carbocycles. The first kappa shape index (κ1) is 13.9. The maximum Gasteiger partial charge on any atom is 0.224 e. The Balaban J connectivity index is 1.61. The van der Waals surface area contributed by atoms with E-state index in [1.165, 1.54) is 4.88 Å². The summed E-state index contributed by atoms with van der Waals surface area (Å²) in [6.45, 7) is 2.05. The van der Waals surface area contributed by atoms with E-state index < -0.39 is 0 Å². The summed E-state index contributed by atoms with van der Waals surface area (Å²) in [5, 5.41) is 6.26. The van der Waals surface area contributed by atoms with Gasteiger partial charge in [-0.15, -0.1) is 11.3 Å². The van der Waals surface area contributed by atoms with Gasteiger partial charge < -0.3 is 10.3 Å². The highest BCUT2D eigenvalue weighted by molar-refractivity contribution is 7.09. The SMILES string of the molecule is CC(Cc1cccs1)NC(=O)Cc1c[nH]c2ccccc12. The molecule has 0 saturated heterocycles. The number of hydrogen-bond acceptors (Lipinski definition) is 2. The number of hydrogen-bond donors (Lipinski definition) is 2. The molecule has 4 heteroatoms. The van der Waals surface area contributed by atoms with E-state index in [2.05, 4.69) is 21.7 Å². The van der Waals surface area contributed by atoms with Crippen LogP contribution in [0.3, 0.4) is 0 Å². The molecule has 21 heavy (non-hydrogen) atoms. The van der Waals surface area contributed by atoms with Crippen LogP contribution in [0.25, 0.3) is 10.9 Å². The molecule has 2 aromatic heterocycles. The zero-order valence-corrected chi connectivity index (χ0v) is 12.7. The van der Waals surface area contributed by atoms with Crippen LogP contribution in [0, 0.1) is 0 Å². The van der Waals surface area contributed by atoms with Gasteiger partial charge in [-0.2, -0.15) is 0 Å². The number of aromatic nitrogens is 1. The summed E-state index contributed by atoms with van der Waals surface area (Å²) < 4.78 is 0. The average Bonchev–Trinajstić information content (AvgIpc) is 3.09. The fourth-order valence-corrected chi connectivity index (χ4v) is 3.39. The first-order valence-corrected chi connectivity index (χ1v) is 7.97. The minimum absolute atomic E-state index is 0.0730. The van der Waals surface area contributed by atoms with E-state index in [4.69, 9.17) is 0 Å². The Morgan fingerprint density at radius 3 is 2.95 bits per heavy atom. The lowest BCUT2D eigenvalue weighted by molar-refractivity contribution is -0.121. The summed E-state index contributed by atoms with van der Waals surface area (Å²) in [6.07, 6.45) is 3.23. The van der Waals surface area contributed by atoms with Crippen LogP contribution in [0.15, 0.2) is 48.0 Å². The Hall–Kier alpha value is -2.07. The molecule has 3 nitrogen and oxygen atoms in total. The molecule has 0 spiro atoms. The maximum absolute atomic E-state index is 12.2. The van der Waals surface area contributed by atoms with Gasteiger partial charge in [-0.05, 0) is 30.0 Å². The normalized spacial score (nSPS) is 12.4. The zero-order valence-electron chi connectivity index (χ0n) is 11.9. The lowest BCUT2D eigenvalue weighted by Gasteiger charge is -2.12. The van der Waals surface area contributed by atoms with Gasteiger partial charge >= 0.3 is 0 Å². The predicted molar refractivity (Wildman–Crippen MR) is 87.6 cm³/mol. The second-order valence-electron chi connectivity index (χ2n) is 5.29. The topological polar surface area (TPSA) is 44.9 Å². The van der Waals surface area contributed by atoms with Crippen molar-refractivity contribution in [3.8, 4) is 0 Å². The number of rotatable bonds is 5. The summed E-state index contributed by atoms with van der Waals surface area (Å²) in [5.74, 6) is 0.0730. The van der Waals surface area contributed by atoms with Crippen LogP contribution >= 0.6 is 11.3 Å². The number of H-pyrrole nitrogens is 1. The van der Waals surface area contributed by atoms with E-state index in [1.54, 1.807) is 11.3 Å². The third kappa shape index (κ3) is 3.34. The van der Waals surface area contributed by atoms with Gasteiger partial charge in [0.1, 0.15) is 0 Å². The molecular weight excluding hydrogens is 280 g/mol. The lowest BCUT2D eigenvalue weighted by atomic mass is 10.1. The monoisotopic (exact) mass is 298 g/mol. The molecule has 0 radical (unpaired) electrons. The van der Waals surface area contributed by atoms with Gasteiger partial charge in [-0.1, -0.05) is 24.3 Å². The summed E-state index contributed by atoms with van der Waals surface area (Å²) in [4.78, 5) is 16.7. The van der Waals surface area contributed by atoms with Crippen LogP contribution in [0.5, 0.6) is 0 Å². The number of carbonyl (C=O) groups excluding carboxylic acids is 1. The van der Waals surface area contributed by atoms with Gasteiger partial charge in [0, 0.05) is 34.4 Å². The van der Waals surface area contributed by atoms with Crippen LogP contribution < -0.4 is 5.32 Å².